The molecule has 0 aromatic heterocycles. The van der Waals surface area contributed by atoms with E-state index in [0.717, 1.165) is 5.69 Å². The van der Waals surface area contributed by atoms with Crippen LogP contribution in [0.1, 0.15) is 0 Å². The SMILES string of the molecule is C[S@](=O)(=Nc1ccccc1)c1ccc(N)cc1. The maximum Gasteiger partial charge on any atom is 0.0771 e. The lowest BCUT2D eigenvalue weighted by Crippen LogP contribution is -1.97. The van der Waals surface area contributed by atoms with E-state index in [1.807, 2.05) is 30.3 Å². The predicted molar refractivity (Wildman–Crippen MR) is 71.7 cm³/mol. The van der Waals surface area contributed by atoms with Crippen LogP contribution in [0, 0.1) is 0 Å². The number of anilines is 1. The van der Waals surface area contributed by atoms with Crippen molar-refractivity contribution in [1.82, 2.24) is 0 Å². The van der Waals surface area contributed by atoms with Gasteiger partial charge in [-0.05, 0) is 36.4 Å². The van der Waals surface area contributed by atoms with Gasteiger partial charge < -0.3 is 5.73 Å². The number of rotatable bonds is 2. The van der Waals surface area contributed by atoms with E-state index in [1.54, 1.807) is 30.5 Å². The van der Waals surface area contributed by atoms with Crippen LogP contribution in [0.3, 0.4) is 0 Å². The minimum absolute atomic E-state index is 0.656. The smallest absolute Gasteiger partial charge is 0.0771 e. The fraction of sp³-hybridized carbons (Fsp3) is 0.0769. The molecule has 2 aromatic carbocycles. The van der Waals surface area contributed by atoms with Crippen molar-refractivity contribution >= 4 is 21.1 Å². The Morgan fingerprint density at radius 1 is 1.00 bits per heavy atom. The van der Waals surface area contributed by atoms with E-state index in [0.29, 0.717) is 10.6 Å². The molecule has 0 aliphatic heterocycles. The van der Waals surface area contributed by atoms with E-state index in [9.17, 15) is 4.21 Å². The number of benzene rings is 2. The summed E-state index contributed by atoms with van der Waals surface area (Å²) in [6.45, 7) is 0. The highest BCUT2D eigenvalue weighted by Crippen LogP contribution is 2.19. The Morgan fingerprint density at radius 2 is 1.59 bits per heavy atom. The Morgan fingerprint density at radius 3 is 2.18 bits per heavy atom. The van der Waals surface area contributed by atoms with E-state index in [-0.39, 0.29) is 0 Å². The number of hydrogen-bond acceptors (Lipinski definition) is 3. The second-order valence-corrected chi connectivity index (χ2v) is 6.06. The fourth-order valence-electron chi connectivity index (χ4n) is 1.46. The van der Waals surface area contributed by atoms with Gasteiger partial charge in [0.25, 0.3) is 0 Å². The van der Waals surface area contributed by atoms with Gasteiger partial charge in [0, 0.05) is 16.8 Å². The summed E-state index contributed by atoms with van der Waals surface area (Å²) in [5, 5.41) is 0. The Hall–Kier alpha value is -1.81. The standard InChI is InChI=1S/C13H14N2OS/c1-17(16,13-9-7-11(14)8-10-13)15-12-5-3-2-4-6-12/h2-10H,14H2,1H3/t17-/m1/s1. The molecule has 3 nitrogen and oxygen atoms in total. The summed E-state index contributed by atoms with van der Waals surface area (Å²) in [6.07, 6.45) is 1.63. The average Bonchev–Trinajstić information content (AvgIpc) is 2.30. The van der Waals surface area contributed by atoms with Gasteiger partial charge in [-0.25, -0.2) is 4.21 Å². The fourth-order valence-corrected chi connectivity index (χ4v) is 2.73. The van der Waals surface area contributed by atoms with Crippen LogP contribution in [-0.4, -0.2) is 10.5 Å². The summed E-state index contributed by atoms with van der Waals surface area (Å²) in [4.78, 5) is 0.690. The second kappa shape index (κ2) is 4.59. The van der Waals surface area contributed by atoms with Crippen molar-refractivity contribution in [2.24, 2.45) is 4.36 Å². The van der Waals surface area contributed by atoms with Crippen LogP contribution in [0.2, 0.25) is 0 Å². The number of nitrogens with two attached hydrogens (primary N) is 1. The molecule has 0 saturated carbocycles. The third-order valence-corrected chi connectivity index (χ3v) is 4.06. The van der Waals surface area contributed by atoms with Crippen LogP contribution in [0.5, 0.6) is 0 Å². The number of nitrogen functional groups attached to an aromatic ring is 1. The number of hydrogen-bond donors (Lipinski definition) is 1. The molecule has 0 amide bonds. The molecule has 0 unspecified atom stereocenters. The highest BCUT2D eigenvalue weighted by atomic mass is 32.2. The molecule has 0 aliphatic rings. The van der Waals surface area contributed by atoms with Crippen molar-refractivity contribution in [1.29, 1.82) is 0 Å². The van der Waals surface area contributed by atoms with Gasteiger partial charge in [0.2, 0.25) is 0 Å². The highest BCUT2D eigenvalue weighted by Gasteiger charge is 2.05. The van der Waals surface area contributed by atoms with Gasteiger partial charge in [-0.2, -0.15) is 4.36 Å². The maximum atomic E-state index is 12.5. The maximum absolute atomic E-state index is 12.5. The molecule has 4 heteroatoms. The monoisotopic (exact) mass is 246 g/mol. The van der Waals surface area contributed by atoms with Gasteiger partial charge in [-0.3, -0.25) is 0 Å². The summed E-state index contributed by atoms with van der Waals surface area (Å²) in [7, 11) is -2.41. The Kier molecular flexibility index (Phi) is 3.15. The molecule has 88 valence electrons. The number of nitrogens with zero attached hydrogens (tertiary/aromatic N) is 1. The van der Waals surface area contributed by atoms with Gasteiger partial charge in [0.1, 0.15) is 0 Å². The molecule has 0 fully saturated rings. The molecule has 0 heterocycles. The van der Waals surface area contributed by atoms with E-state index in [4.69, 9.17) is 5.73 Å². The molecular formula is C13H14N2OS. The van der Waals surface area contributed by atoms with E-state index < -0.39 is 9.73 Å². The summed E-state index contributed by atoms with van der Waals surface area (Å²) in [5.74, 6) is 0. The van der Waals surface area contributed by atoms with E-state index in [1.165, 1.54) is 0 Å². The lowest BCUT2D eigenvalue weighted by atomic mass is 10.3. The van der Waals surface area contributed by atoms with Crippen LogP contribution >= 0.6 is 0 Å². The van der Waals surface area contributed by atoms with Gasteiger partial charge in [0.15, 0.2) is 0 Å². The molecule has 0 radical (unpaired) electrons. The first kappa shape index (κ1) is 11.7. The zero-order valence-corrected chi connectivity index (χ0v) is 10.4. The molecule has 0 bridgehead atoms. The van der Waals surface area contributed by atoms with Crippen molar-refractivity contribution < 1.29 is 4.21 Å². The lowest BCUT2D eigenvalue weighted by molar-refractivity contribution is 0.681. The first-order chi connectivity index (χ1) is 8.08. The van der Waals surface area contributed by atoms with Crippen molar-refractivity contribution in [3.8, 4) is 0 Å². The first-order valence-corrected chi connectivity index (χ1v) is 7.13. The molecule has 17 heavy (non-hydrogen) atoms. The van der Waals surface area contributed by atoms with Crippen LogP contribution in [0.25, 0.3) is 0 Å². The van der Waals surface area contributed by atoms with Crippen molar-refractivity contribution in [2.75, 3.05) is 12.0 Å². The lowest BCUT2D eigenvalue weighted by Gasteiger charge is -2.04. The molecule has 2 N–H and O–H groups in total. The quantitative estimate of drug-likeness (QED) is 0.828. The first-order valence-electron chi connectivity index (χ1n) is 5.21. The largest absolute Gasteiger partial charge is 0.399 e. The third kappa shape index (κ3) is 2.85. The Labute approximate surface area is 101 Å². The molecule has 2 rings (SSSR count). The zero-order valence-electron chi connectivity index (χ0n) is 9.54. The van der Waals surface area contributed by atoms with Crippen molar-refractivity contribution in [3.63, 3.8) is 0 Å². The third-order valence-electron chi connectivity index (χ3n) is 2.35. The Balaban J connectivity index is 2.46. The van der Waals surface area contributed by atoms with Crippen LogP contribution in [0.4, 0.5) is 11.4 Å². The second-order valence-electron chi connectivity index (χ2n) is 3.80. The minimum Gasteiger partial charge on any atom is -0.399 e. The van der Waals surface area contributed by atoms with Crippen LogP contribution < -0.4 is 5.73 Å². The Bertz CT molecular complexity index is 612. The molecule has 0 spiro atoms. The van der Waals surface area contributed by atoms with E-state index in [2.05, 4.69) is 4.36 Å². The predicted octanol–water partition coefficient (Wildman–Crippen LogP) is 3.06. The highest BCUT2D eigenvalue weighted by molar-refractivity contribution is 7.93. The normalized spacial score (nSPS) is 13.9. The van der Waals surface area contributed by atoms with E-state index >= 15 is 0 Å². The summed E-state index contributed by atoms with van der Waals surface area (Å²) in [6, 6.07) is 16.3. The van der Waals surface area contributed by atoms with Gasteiger partial charge in [0.05, 0.1) is 15.4 Å². The molecule has 1 atom stereocenters. The molecular weight excluding hydrogens is 232 g/mol. The summed E-state index contributed by atoms with van der Waals surface area (Å²) in [5.41, 5.74) is 6.97. The minimum atomic E-state index is -2.41. The molecule has 0 saturated heterocycles. The molecule has 0 aliphatic carbocycles. The summed E-state index contributed by atoms with van der Waals surface area (Å²) >= 11 is 0. The molecule has 2 aromatic rings. The van der Waals surface area contributed by atoms with Gasteiger partial charge >= 0.3 is 0 Å². The van der Waals surface area contributed by atoms with Gasteiger partial charge in [-0.1, -0.05) is 18.2 Å². The van der Waals surface area contributed by atoms with Crippen molar-refractivity contribution in [2.45, 2.75) is 4.90 Å². The summed E-state index contributed by atoms with van der Waals surface area (Å²) < 4.78 is 16.7. The van der Waals surface area contributed by atoms with Gasteiger partial charge in [-0.15, -0.1) is 0 Å². The van der Waals surface area contributed by atoms with Crippen LogP contribution in [-0.2, 0) is 9.73 Å². The zero-order chi connectivity index (χ0) is 12.3. The topological polar surface area (TPSA) is 55.5 Å². The van der Waals surface area contributed by atoms with Crippen LogP contribution in [0.15, 0.2) is 63.9 Å². The average molecular weight is 246 g/mol. The van der Waals surface area contributed by atoms with Crippen molar-refractivity contribution in [3.05, 3.63) is 54.6 Å².